The zero-order chi connectivity index (χ0) is 71.0. The molecule has 0 spiro atoms. The summed E-state index contributed by atoms with van der Waals surface area (Å²) in [6, 6.07) is 81.1. The fourth-order valence-electron chi connectivity index (χ4n) is 9.85. The van der Waals surface area contributed by atoms with Gasteiger partial charge in [0.1, 0.15) is 10.1 Å². The number of halogens is 12. The van der Waals surface area contributed by atoms with Gasteiger partial charge in [-0.25, -0.2) is 9.98 Å². The van der Waals surface area contributed by atoms with Gasteiger partial charge in [-0.15, -0.1) is 34.9 Å². The zero-order valence-electron chi connectivity index (χ0n) is 52.2. The number of aromatic nitrogens is 2. The Morgan fingerprint density at radius 3 is 0.728 bits per heavy atom. The van der Waals surface area contributed by atoms with Gasteiger partial charge in [0.15, 0.2) is 0 Å². The molecule has 0 saturated carbocycles. The Morgan fingerprint density at radius 2 is 0.476 bits per heavy atom. The Kier molecular flexibility index (Phi) is 28.0. The van der Waals surface area contributed by atoms with Crippen LogP contribution >= 0.6 is 233 Å². The average molecular weight is 1780 g/mol. The quantitative estimate of drug-likeness (QED) is 0.0777. The molecule has 0 unspecified atom stereocenters. The summed E-state index contributed by atoms with van der Waals surface area (Å²) in [5, 5.41) is 9.90. The van der Waals surface area contributed by atoms with Crippen LogP contribution in [0.4, 0.5) is 0 Å². The van der Waals surface area contributed by atoms with Gasteiger partial charge in [-0.1, -0.05) is 280 Å². The van der Waals surface area contributed by atoms with Crippen molar-refractivity contribution in [3.63, 3.8) is 0 Å². The summed E-state index contributed by atoms with van der Waals surface area (Å²) >= 11 is 91.1. The molecular formula is C78H42Cl12N4NiS8. The van der Waals surface area contributed by atoms with Crippen molar-refractivity contribution in [2.24, 2.45) is 9.98 Å². The molecule has 4 heterocycles. The Hall–Kier alpha value is -4.17. The molecule has 10 aromatic carbocycles. The van der Waals surface area contributed by atoms with Crippen LogP contribution in [0.1, 0.15) is 22.5 Å². The maximum absolute atomic E-state index is 7.30. The minimum Gasteiger partial charge on any atom is -0.649 e. The summed E-state index contributed by atoms with van der Waals surface area (Å²) in [6.07, 6.45) is 0. The van der Waals surface area contributed by atoms with Gasteiger partial charge in [0.2, 0.25) is 0 Å². The smallest absolute Gasteiger partial charge is 0.649 e. The van der Waals surface area contributed by atoms with Crippen molar-refractivity contribution in [2.75, 3.05) is 0 Å². The summed E-state index contributed by atoms with van der Waals surface area (Å²) in [7, 11) is 0. The molecule has 0 bridgehead atoms. The summed E-state index contributed by atoms with van der Waals surface area (Å²) in [5.41, 5.74) is 6.10. The summed E-state index contributed by atoms with van der Waals surface area (Å²) in [4.78, 5) is 31.8. The number of thioether (sulfide) groups is 4. The molecule has 516 valence electrons. The van der Waals surface area contributed by atoms with E-state index in [0.29, 0.717) is 103 Å². The van der Waals surface area contributed by atoms with Gasteiger partial charge >= 0.3 is 16.5 Å². The van der Waals surface area contributed by atoms with Crippen LogP contribution in [-0.2, 0) is 16.5 Å². The average Bonchev–Trinajstić information content (AvgIpc) is 1.62. The molecule has 12 aromatic rings. The molecule has 0 amide bonds. The Balaban J connectivity index is 0.000000192. The minimum absolute atomic E-state index is 0. The molecule has 0 N–H and O–H groups in total. The van der Waals surface area contributed by atoms with E-state index in [2.05, 4.69) is 0 Å². The van der Waals surface area contributed by atoms with E-state index < -0.39 is 0 Å². The Labute approximate surface area is 700 Å². The van der Waals surface area contributed by atoms with E-state index in [1.165, 1.54) is 94.1 Å². The number of hydrogen-bond acceptors (Lipinski definition) is 10. The van der Waals surface area contributed by atoms with E-state index in [-0.39, 0.29) is 16.5 Å². The van der Waals surface area contributed by atoms with Crippen LogP contribution in [0.2, 0.25) is 50.2 Å². The first kappa shape index (κ1) is 78.4. The van der Waals surface area contributed by atoms with Crippen LogP contribution in [-0.4, -0.2) is 10.1 Å². The summed E-state index contributed by atoms with van der Waals surface area (Å²) in [6.45, 7) is 0. The van der Waals surface area contributed by atoms with Crippen LogP contribution in [0.15, 0.2) is 355 Å². The van der Waals surface area contributed by atoms with Gasteiger partial charge in [-0.3, -0.25) is 0 Å². The molecule has 103 heavy (non-hydrogen) atoms. The van der Waals surface area contributed by atoms with Crippen molar-refractivity contribution in [3.05, 3.63) is 359 Å². The van der Waals surface area contributed by atoms with Crippen molar-refractivity contribution in [2.45, 2.75) is 59.0 Å². The standard InChI is InChI=1S/2C39H21Cl6N2S4.Ni/c2*40-23-6-14-27(15-7-23)48-36-32(44)38(50-29-18-10-25(42)11-19-29)46-34(36)31(22-4-2-1-3-5-22)35-37(49-28-16-8-24(41)9-17-28)33(45)39(47-35)51-30-20-12-26(43)13-21-30;/h2*1-21H;/q2*-1;+2/b2*34-31-;. The molecule has 2 aliphatic rings. The van der Waals surface area contributed by atoms with Gasteiger partial charge in [0, 0.05) is 99.2 Å². The molecule has 4 nitrogen and oxygen atoms in total. The van der Waals surface area contributed by atoms with Crippen molar-refractivity contribution in [1.82, 2.24) is 9.97 Å². The van der Waals surface area contributed by atoms with Gasteiger partial charge in [0.25, 0.3) is 0 Å². The Bertz CT molecular complexity index is 4910. The predicted molar refractivity (Wildman–Crippen MR) is 447 cm³/mol. The van der Waals surface area contributed by atoms with Crippen LogP contribution in [0.25, 0.3) is 11.1 Å². The third-order valence-corrected chi connectivity index (χ3v) is 27.4. The first-order chi connectivity index (χ1) is 49.4. The number of aliphatic imine (C=N–C) groups is 2. The summed E-state index contributed by atoms with van der Waals surface area (Å²) < 4.78 is 0. The molecule has 0 saturated heterocycles. The van der Waals surface area contributed by atoms with E-state index in [1.54, 1.807) is 0 Å². The Morgan fingerprint density at radius 1 is 0.252 bits per heavy atom. The molecule has 25 heteroatoms. The maximum Gasteiger partial charge on any atom is 2.00 e. The molecular weight excluding hydrogens is 1730 g/mol. The molecule has 14 rings (SSSR count). The fraction of sp³-hybridized carbons (Fsp3) is 0. The van der Waals surface area contributed by atoms with Gasteiger partial charge in [-0.05, 0) is 216 Å². The van der Waals surface area contributed by atoms with E-state index in [4.69, 9.17) is 159 Å². The van der Waals surface area contributed by atoms with Crippen molar-refractivity contribution in [3.8, 4) is 0 Å². The number of benzene rings is 10. The van der Waals surface area contributed by atoms with E-state index in [9.17, 15) is 0 Å². The van der Waals surface area contributed by atoms with E-state index >= 15 is 0 Å². The zero-order valence-corrected chi connectivity index (χ0v) is 68.7. The van der Waals surface area contributed by atoms with Crippen molar-refractivity contribution < 1.29 is 16.5 Å². The largest absolute Gasteiger partial charge is 2.00 e. The second-order valence-electron chi connectivity index (χ2n) is 21.6. The molecule has 2 aliphatic heterocycles. The normalized spacial score (nSPS) is 13.7. The van der Waals surface area contributed by atoms with Crippen molar-refractivity contribution in [1.29, 1.82) is 0 Å². The second kappa shape index (κ2) is 36.8. The molecule has 0 aliphatic carbocycles. The molecule has 0 radical (unpaired) electrons. The van der Waals surface area contributed by atoms with E-state index in [0.717, 1.165) is 81.0 Å². The first-order valence-corrected chi connectivity index (χ1v) is 41.3. The maximum atomic E-state index is 7.30. The number of nitrogens with zero attached hydrogens (tertiary/aromatic N) is 4. The van der Waals surface area contributed by atoms with Crippen LogP contribution < -0.4 is 9.97 Å². The van der Waals surface area contributed by atoms with Gasteiger partial charge in [0.05, 0.1) is 31.3 Å². The number of rotatable bonds is 18. The molecule has 0 atom stereocenters. The monoisotopic (exact) mass is 1770 g/mol. The van der Waals surface area contributed by atoms with Crippen LogP contribution in [0.3, 0.4) is 0 Å². The second-order valence-corrected chi connectivity index (χ2v) is 35.2. The minimum atomic E-state index is 0. The van der Waals surface area contributed by atoms with Gasteiger partial charge in [-0.2, -0.15) is 0 Å². The van der Waals surface area contributed by atoms with Crippen molar-refractivity contribution >= 4 is 255 Å². The van der Waals surface area contributed by atoms with Crippen LogP contribution in [0, 0.1) is 0 Å². The summed E-state index contributed by atoms with van der Waals surface area (Å²) in [5.74, 6) is 0. The predicted octanol–water partition coefficient (Wildman–Crippen LogP) is 30.8. The molecule has 0 fully saturated rings. The SMILES string of the molecule is ClC1=C(Sc2ccc(Cl)cc2)/C(=C(\c2ccccc2)c2[n-]c(Sc3ccc(Cl)cc3)c(Cl)c2Sc2ccc(Cl)cc2)N=C1Sc1ccc(Cl)cc1.ClC1=C(Sc2ccc(Cl)cc2)/C(=C(\c2ccccc2)c2[n-]c(Sc3ccc(Cl)cc3)c(Cl)c2Sc2ccc(Cl)cc2)N=C1Sc1ccc(Cl)cc1.[Ni+2]. The topological polar surface area (TPSA) is 52.9 Å². The fourth-order valence-corrected chi connectivity index (χ4v) is 19.6. The first-order valence-electron chi connectivity index (χ1n) is 30.2. The number of hydrogen-bond donors (Lipinski definition) is 0. The van der Waals surface area contributed by atoms with E-state index in [1.807, 2.05) is 255 Å². The molecule has 2 aromatic heterocycles. The van der Waals surface area contributed by atoms with Crippen LogP contribution in [0.5, 0.6) is 0 Å². The van der Waals surface area contributed by atoms with Gasteiger partial charge < -0.3 is 9.97 Å². The third kappa shape index (κ3) is 20.0. The third-order valence-electron chi connectivity index (χ3n) is 14.6.